The van der Waals surface area contributed by atoms with E-state index in [4.69, 9.17) is 16.3 Å². The summed E-state index contributed by atoms with van der Waals surface area (Å²) in [6, 6.07) is 25.8. The maximum Gasteiger partial charge on any atom is 0.416 e. The summed E-state index contributed by atoms with van der Waals surface area (Å²) in [7, 11) is 0. The Morgan fingerprint density at radius 3 is 2.11 bits per heavy atom. The maximum atomic E-state index is 13.2. The first-order valence-electron chi connectivity index (χ1n) is 14.2. The van der Waals surface area contributed by atoms with Crippen molar-refractivity contribution in [2.75, 3.05) is 43.0 Å². The number of hydrogen-bond acceptors (Lipinski definition) is 5. The van der Waals surface area contributed by atoms with Gasteiger partial charge in [0.15, 0.2) is 0 Å². The SMILES string of the molecule is CCOC(=O)C(c1ccc(Cl)cc1)N1CCN(c2ccc(NC(=O)c3ccccc3-c3ccc(C(F)(F)F)cc3)cc2)CC1. The molecular formula is C34H31ClF3N3O3. The topological polar surface area (TPSA) is 61.9 Å². The van der Waals surface area contributed by atoms with E-state index >= 15 is 0 Å². The van der Waals surface area contributed by atoms with Gasteiger partial charge in [-0.15, -0.1) is 0 Å². The van der Waals surface area contributed by atoms with Crippen LogP contribution in [0.4, 0.5) is 24.5 Å². The van der Waals surface area contributed by atoms with E-state index in [1.165, 1.54) is 12.1 Å². The van der Waals surface area contributed by atoms with E-state index in [2.05, 4.69) is 15.1 Å². The van der Waals surface area contributed by atoms with E-state index in [1.54, 1.807) is 43.3 Å². The van der Waals surface area contributed by atoms with Gasteiger partial charge in [0, 0.05) is 48.1 Å². The molecule has 1 aliphatic heterocycles. The molecule has 0 bridgehead atoms. The summed E-state index contributed by atoms with van der Waals surface area (Å²) >= 11 is 6.06. The van der Waals surface area contributed by atoms with E-state index in [9.17, 15) is 22.8 Å². The molecule has 44 heavy (non-hydrogen) atoms. The highest BCUT2D eigenvalue weighted by Gasteiger charge is 2.32. The van der Waals surface area contributed by atoms with Crippen LogP contribution in [-0.4, -0.2) is 49.6 Å². The molecule has 0 saturated carbocycles. The highest BCUT2D eigenvalue weighted by atomic mass is 35.5. The number of nitrogens with zero attached hydrogens (tertiary/aromatic N) is 2. The molecule has 4 aromatic carbocycles. The Kier molecular flexibility index (Phi) is 9.56. The lowest BCUT2D eigenvalue weighted by molar-refractivity contribution is -0.150. The number of carbonyl (C=O) groups excluding carboxylic acids is 2. The van der Waals surface area contributed by atoms with E-state index in [0.29, 0.717) is 60.2 Å². The third-order valence-corrected chi connectivity index (χ3v) is 7.81. The number of piperazine rings is 1. The van der Waals surface area contributed by atoms with Crippen LogP contribution >= 0.6 is 11.6 Å². The molecule has 10 heteroatoms. The van der Waals surface area contributed by atoms with Gasteiger partial charge in [0.25, 0.3) is 5.91 Å². The molecule has 0 radical (unpaired) electrons. The molecule has 5 rings (SSSR count). The molecule has 1 amide bonds. The van der Waals surface area contributed by atoms with Crippen molar-refractivity contribution in [2.24, 2.45) is 0 Å². The molecule has 1 aliphatic rings. The standard InChI is InChI=1S/C34H31ClF3N3O3/c1-2-44-33(43)31(24-9-13-26(35)14-10-24)41-21-19-40(20-22-41)28-17-15-27(16-18-28)39-32(42)30-6-4-3-5-29(30)23-7-11-25(12-8-23)34(36,37)38/h3-18,31H,2,19-22H2,1H3,(H,39,42). The number of anilines is 2. The Morgan fingerprint density at radius 2 is 1.50 bits per heavy atom. The van der Waals surface area contributed by atoms with Crippen molar-refractivity contribution in [1.29, 1.82) is 0 Å². The lowest BCUT2D eigenvalue weighted by atomic mass is 9.98. The molecule has 0 spiro atoms. The minimum absolute atomic E-state index is 0.289. The molecule has 0 aliphatic carbocycles. The average Bonchev–Trinajstić information content (AvgIpc) is 3.03. The number of rotatable bonds is 8. The van der Waals surface area contributed by atoms with Gasteiger partial charge in [-0.25, -0.2) is 4.79 Å². The summed E-state index contributed by atoms with van der Waals surface area (Å²) in [5.74, 6) is -0.655. The molecule has 1 saturated heterocycles. The van der Waals surface area contributed by atoms with Gasteiger partial charge in [-0.05, 0) is 78.2 Å². The van der Waals surface area contributed by atoms with Gasteiger partial charge >= 0.3 is 12.1 Å². The van der Waals surface area contributed by atoms with Gasteiger partial charge in [0.2, 0.25) is 0 Å². The second-order valence-corrected chi connectivity index (χ2v) is 10.8. The number of amides is 1. The lowest BCUT2D eigenvalue weighted by Crippen LogP contribution is -2.49. The molecule has 6 nitrogen and oxygen atoms in total. The van der Waals surface area contributed by atoms with Gasteiger partial charge < -0.3 is 15.0 Å². The van der Waals surface area contributed by atoms with Crippen LogP contribution in [0.2, 0.25) is 5.02 Å². The van der Waals surface area contributed by atoms with Gasteiger partial charge in [-0.2, -0.15) is 13.2 Å². The molecule has 1 unspecified atom stereocenters. The molecule has 1 heterocycles. The average molecular weight is 622 g/mol. The monoisotopic (exact) mass is 621 g/mol. The first kappa shape index (κ1) is 31.1. The zero-order valence-electron chi connectivity index (χ0n) is 24.0. The van der Waals surface area contributed by atoms with Crippen molar-refractivity contribution < 1.29 is 27.5 Å². The van der Waals surface area contributed by atoms with Crippen molar-refractivity contribution in [3.63, 3.8) is 0 Å². The van der Waals surface area contributed by atoms with Crippen LogP contribution in [0.5, 0.6) is 0 Å². The highest BCUT2D eigenvalue weighted by Crippen LogP contribution is 2.32. The third kappa shape index (κ3) is 7.23. The number of esters is 1. The fourth-order valence-electron chi connectivity index (χ4n) is 5.33. The number of nitrogens with one attached hydrogen (secondary N) is 1. The Bertz CT molecular complexity index is 1590. The summed E-state index contributed by atoms with van der Waals surface area (Å²) in [6.45, 7) is 4.76. The smallest absolute Gasteiger partial charge is 0.416 e. The quantitative estimate of drug-likeness (QED) is 0.204. The summed E-state index contributed by atoms with van der Waals surface area (Å²) in [5, 5.41) is 3.50. The minimum Gasteiger partial charge on any atom is -0.465 e. The first-order valence-corrected chi connectivity index (χ1v) is 14.6. The Labute approximate surface area is 259 Å². The molecule has 4 aromatic rings. The summed E-state index contributed by atoms with van der Waals surface area (Å²) in [6.07, 6.45) is -4.43. The fraction of sp³-hybridized carbons (Fsp3) is 0.235. The minimum atomic E-state index is -4.43. The summed E-state index contributed by atoms with van der Waals surface area (Å²) < 4.78 is 44.4. The Balaban J connectivity index is 1.23. The van der Waals surface area contributed by atoms with Gasteiger partial charge in [0.1, 0.15) is 6.04 Å². The zero-order valence-corrected chi connectivity index (χ0v) is 24.7. The molecular weight excluding hydrogens is 591 g/mol. The van der Waals surface area contributed by atoms with E-state index in [1.807, 2.05) is 36.4 Å². The van der Waals surface area contributed by atoms with Crippen LogP contribution in [0.3, 0.4) is 0 Å². The molecule has 1 fully saturated rings. The van der Waals surface area contributed by atoms with Crippen LogP contribution < -0.4 is 10.2 Å². The van der Waals surface area contributed by atoms with Crippen LogP contribution in [0.25, 0.3) is 11.1 Å². The summed E-state index contributed by atoms with van der Waals surface area (Å²) in [4.78, 5) is 30.4. The predicted molar refractivity (Wildman–Crippen MR) is 166 cm³/mol. The molecule has 228 valence electrons. The van der Waals surface area contributed by atoms with E-state index in [0.717, 1.165) is 23.4 Å². The van der Waals surface area contributed by atoms with Crippen LogP contribution in [-0.2, 0) is 15.7 Å². The Morgan fingerprint density at radius 1 is 0.864 bits per heavy atom. The van der Waals surface area contributed by atoms with Crippen molar-refractivity contribution >= 4 is 34.9 Å². The largest absolute Gasteiger partial charge is 0.465 e. The van der Waals surface area contributed by atoms with Gasteiger partial charge in [-0.3, -0.25) is 9.69 Å². The van der Waals surface area contributed by atoms with Crippen molar-refractivity contribution in [3.8, 4) is 11.1 Å². The number of benzene rings is 4. The normalized spacial score (nSPS) is 14.6. The second kappa shape index (κ2) is 13.5. The first-order chi connectivity index (χ1) is 21.1. The lowest BCUT2D eigenvalue weighted by Gasteiger charge is -2.39. The number of hydrogen-bond donors (Lipinski definition) is 1. The molecule has 1 atom stereocenters. The predicted octanol–water partition coefficient (Wildman–Crippen LogP) is 7.70. The van der Waals surface area contributed by atoms with E-state index < -0.39 is 17.8 Å². The van der Waals surface area contributed by atoms with Crippen LogP contribution in [0.15, 0.2) is 97.1 Å². The molecule has 0 aromatic heterocycles. The zero-order chi connectivity index (χ0) is 31.3. The van der Waals surface area contributed by atoms with Crippen molar-refractivity contribution in [1.82, 2.24) is 4.90 Å². The van der Waals surface area contributed by atoms with Gasteiger partial charge in [-0.1, -0.05) is 54.1 Å². The highest BCUT2D eigenvalue weighted by molar-refractivity contribution is 6.30. The number of halogens is 4. The summed E-state index contributed by atoms with van der Waals surface area (Å²) in [5.41, 5.74) is 3.06. The second-order valence-electron chi connectivity index (χ2n) is 10.4. The number of ether oxygens (including phenoxy) is 1. The third-order valence-electron chi connectivity index (χ3n) is 7.56. The fourth-order valence-corrected chi connectivity index (χ4v) is 5.45. The number of alkyl halides is 3. The van der Waals surface area contributed by atoms with Crippen LogP contribution in [0.1, 0.15) is 34.5 Å². The van der Waals surface area contributed by atoms with Crippen LogP contribution in [0, 0.1) is 0 Å². The molecule has 1 N–H and O–H groups in total. The Hall–Kier alpha value is -4.34. The van der Waals surface area contributed by atoms with E-state index in [-0.39, 0.29) is 11.9 Å². The van der Waals surface area contributed by atoms with Crippen molar-refractivity contribution in [3.05, 3.63) is 119 Å². The van der Waals surface area contributed by atoms with Crippen molar-refractivity contribution in [2.45, 2.75) is 19.1 Å². The number of carbonyl (C=O) groups is 2. The maximum absolute atomic E-state index is 13.2. The van der Waals surface area contributed by atoms with Gasteiger partial charge in [0.05, 0.1) is 12.2 Å².